The van der Waals surface area contributed by atoms with Crippen LogP contribution in [0.25, 0.3) is 0 Å². The molecule has 0 spiro atoms. The smallest absolute Gasteiger partial charge is 0.169 e. The molecule has 0 bridgehead atoms. The zero-order valence-corrected chi connectivity index (χ0v) is 13.5. The summed E-state index contributed by atoms with van der Waals surface area (Å²) in [5.41, 5.74) is -4.86. The van der Waals surface area contributed by atoms with Crippen LogP contribution in [-0.2, 0) is 5.41 Å². The fourth-order valence-corrected chi connectivity index (χ4v) is 2.39. The molecule has 0 aliphatic carbocycles. The predicted molar refractivity (Wildman–Crippen MR) is 82.7 cm³/mol. The van der Waals surface area contributed by atoms with E-state index in [0.29, 0.717) is 17.2 Å². The average molecular weight is 348 g/mol. The molecule has 132 valence electrons. The minimum Gasteiger partial charge on any atom is -0.169 e. The second-order valence-corrected chi connectivity index (χ2v) is 5.68. The summed E-state index contributed by atoms with van der Waals surface area (Å²) in [5.74, 6) is 0. The van der Waals surface area contributed by atoms with Crippen LogP contribution < -0.4 is 0 Å². The van der Waals surface area contributed by atoms with Crippen LogP contribution in [0.1, 0.15) is 25.0 Å². The van der Waals surface area contributed by atoms with Crippen LogP contribution in [0.2, 0.25) is 0 Å². The van der Waals surface area contributed by atoms with Gasteiger partial charge in [0.2, 0.25) is 5.41 Å². The molecule has 1 rings (SSSR count). The summed E-state index contributed by atoms with van der Waals surface area (Å²) < 4.78 is 82.7. The summed E-state index contributed by atoms with van der Waals surface area (Å²) in [7, 11) is 0. The van der Waals surface area contributed by atoms with Crippen molar-refractivity contribution in [2.75, 3.05) is 0 Å². The molecule has 1 aromatic carbocycles. The lowest BCUT2D eigenvalue weighted by atomic mass is 9.72. The van der Waals surface area contributed by atoms with Gasteiger partial charge in [-0.2, -0.15) is 26.3 Å². The van der Waals surface area contributed by atoms with Crippen molar-refractivity contribution in [3.63, 3.8) is 0 Å². The summed E-state index contributed by atoms with van der Waals surface area (Å²) in [6.45, 7) is 7.91. The van der Waals surface area contributed by atoms with E-state index in [0.717, 1.165) is 18.2 Å². The van der Waals surface area contributed by atoms with Crippen molar-refractivity contribution in [2.45, 2.75) is 38.5 Å². The fourth-order valence-electron chi connectivity index (χ4n) is 2.39. The van der Waals surface area contributed by atoms with Gasteiger partial charge >= 0.3 is 12.4 Å². The molecule has 0 unspecified atom stereocenters. The van der Waals surface area contributed by atoms with Gasteiger partial charge in [0.15, 0.2) is 0 Å². The number of benzene rings is 1. The normalized spacial score (nSPS) is 13.6. The van der Waals surface area contributed by atoms with Crippen LogP contribution in [0.5, 0.6) is 0 Å². The monoisotopic (exact) mass is 348 g/mol. The maximum absolute atomic E-state index is 13.8. The molecule has 0 N–H and O–H groups in total. The Balaban J connectivity index is 3.92. The molecule has 24 heavy (non-hydrogen) atoms. The lowest BCUT2D eigenvalue weighted by Crippen LogP contribution is -2.55. The van der Waals surface area contributed by atoms with E-state index in [9.17, 15) is 26.3 Å². The minimum atomic E-state index is -5.59. The number of alkyl halides is 6. The van der Waals surface area contributed by atoms with Gasteiger partial charge in [0.1, 0.15) is 0 Å². The van der Waals surface area contributed by atoms with E-state index in [-0.39, 0.29) is 0 Å². The summed E-state index contributed by atoms with van der Waals surface area (Å²) in [5, 5.41) is 0. The second-order valence-electron chi connectivity index (χ2n) is 5.68. The molecule has 0 aliphatic heterocycles. The zero-order valence-electron chi connectivity index (χ0n) is 13.5. The van der Waals surface area contributed by atoms with E-state index >= 15 is 0 Å². The third kappa shape index (κ3) is 3.57. The van der Waals surface area contributed by atoms with Gasteiger partial charge in [0.05, 0.1) is 0 Å². The number of rotatable bonds is 4. The van der Waals surface area contributed by atoms with Gasteiger partial charge in [-0.1, -0.05) is 60.2 Å². The molecule has 0 aliphatic rings. The van der Waals surface area contributed by atoms with Crippen molar-refractivity contribution in [2.24, 2.45) is 0 Å². The molecule has 0 heterocycles. The molecule has 0 atom stereocenters. The van der Waals surface area contributed by atoms with Crippen LogP contribution in [-0.4, -0.2) is 12.4 Å². The molecule has 0 radical (unpaired) electrons. The predicted octanol–water partition coefficient (Wildman–Crippen LogP) is 6.44. The third-order valence-electron chi connectivity index (χ3n) is 3.58. The molecule has 6 heteroatoms. The van der Waals surface area contributed by atoms with Gasteiger partial charge in [-0.25, -0.2) is 0 Å². The standard InChI is InChI=1S/C18H18F6/c1-5-14(9-6-12(2)3)16(17(19,20)21,18(22,23)24)15-10-7-13(4)8-11-15/h5-11H,1H2,2-4H3/b14-9+. The first-order valence-electron chi connectivity index (χ1n) is 7.06. The molecule has 0 nitrogen and oxygen atoms in total. The lowest BCUT2D eigenvalue weighted by Gasteiger charge is -2.39. The Morgan fingerprint density at radius 3 is 1.67 bits per heavy atom. The molecule has 0 saturated carbocycles. The quantitative estimate of drug-likeness (QED) is 0.434. The Labute approximate surface area is 137 Å². The largest absolute Gasteiger partial charge is 0.411 e. The van der Waals surface area contributed by atoms with Gasteiger partial charge in [-0.05, 0) is 31.9 Å². The van der Waals surface area contributed by atoms with Gasteiger partial charge in [0.25, 0.3) is 0 Å². The summed E-state index contributed by atoms with van der Waals surface area (Å²) >= 11 is 0. The highest BCUT2D eigenvalue weighted by atomic mass is 19.4. The molecular weight excluding hydrogens is 330 g/mol. The van der Waals surface area contributed by atoms with Crippen LogP contribution in [0.15, 0.2) is 60.2 Å². The zero-order chi connectivity index (χ0) is 18.8. The highest BCUT2D eigenvalue weighted by Crippen LogP contribution is 2.56. The number of allylic oxidation sites excluding steroid dienone is 5. The van der Waals surface area contributed by atoms with Crippen molar-refractivity contribution in [1.29, 1.82) is 0 Å². The summed E-state index contributed by atoms with van der Waals surface area (Å²) in [4.78, 5) is 0. The highest BCUT2D eigenvalue weighted by Gasteiger charge is 2.72. The Morgan fingerprint density at radius 2 is 1.33 bits per heavy atom. The van der Waals surface area contributed by atoms with E-state index in [1.165, 1.54) is 18.2 Å². The second kappa shape index (κ2) is 6.87. The molecule has 0 aromatic heterocycles. The van der Waals surface area contributed by atoms with Crippen LogP contribution in [0, 0.1) is 6.92 Å². The van der Waals surface area contributed by atoms with E-state index in [1.54, 1.807) is 20.8 Å². The number of halogens is 6. The van der Waals surface area contributed by atoms with Gasteiger partial charge < -0.3 is 0 Å². The first-order chi connectivity index (χ1) is 10.9. The molecule has 0 amide bonds. The SMILES string of the molecule is C=C/C(=C\C=C(C)C)C(c1ccc(C)cc1)(C(F)(F)F)C(F)(F)F. The Hall–Kier alpha value is -1.98. The van der Waals surface area contributed by atoms with Crippen molar-refractivity contribution >= 4 is 0 Å². The van der Waals surface area contributed by atoms with E-state index in [4.69, 9.17) is 0 Å². The number of hydrogen-bond acceptors (Lipinski definition) is 0. The van der Waals surface area contributed by atoms with Crippen molar-refractivity contribution in [3.8, 4) is 0 Å². The Bertz CT molecular complexity index is 624. The summed E-state index contributed by atoms with van der Waals surface area (Å²) in [6.07, 6.45) is -8.53. The van der Waals surface area contributed by atoms with Crippen molar-refractivity contribution < 1.29 is 26.3 Å². The fraction of sp³-hybridized carbons (Fsp3) is 0.333. The summed E-state index contributed by atoms with van der Waals surface area (Å²) in [6, 6.07) is 4.17. The lowest BCUT2D eigenvalue weighted by molar-refractivity contribution is -0.288. The van der Waals surface area contributed by atoms with Crippen molar-refractivity contribution in [3.05, 3.63) is 71.3 Å². The molecule has 0 fully saturated rings. The topological polar surface area (TPSA) is 0 Å². The Kier molecular flexibility index (Phi) is 5.74. The van der Waals surface area contributed by atoms with Crippen LogP contribution >= 0.6 is 0 Å². The van der Waals surface area contributed by atoms with Crippen LogP contribution in [0.4, 0.5) is 26.3 Å². The third-order valence-corrected chi connectivity index (χ3v) is 3.58. The number of hydrogen-bond donors (Lipinski definition) is 0. The molecule has 0 saturated heterocycles. The van der Waals surface area contributed by atoms with Gasteiger partial charge in [-0.3, -0.25) is 0 Å². The first kappa shape index (κ1) is 20.1. The van der Waals surface area contributed by atoms with Crippen molar-refractivity contribution in [1.82, 2.24) is 0 Å². The highest BCUT2D eigenvalue weighted by molar-refractivity contribution is 5.48. The molecular formula is C18H18F6. The Morgan fingerprint density at radius 1 is 0.875 bits per heavy atom. The van der Waals surface area contributed by atoms with Gasteiger partial charge in [0, 0.05) is 0 Å². The van der Waals surface area contributed by atoms with Crippen LogP contribution in [0.3, 0.4) is 0 Å². The molecule has 1 aromatic rings. The van der Waals surface area contributed by atoms with Gasteiger partial charge in [-0.15, -0.1) is 0 Å². The van der Waals surface area contributed by atoms with E-state index < -0.39 is 28.9 Å². The minimum absolute atomic E-state index is 0.561. The van der Waals surface area contributed by atoms with E-state index in [2.05, 4.69) is 6.58 Å². The maximum atomic E-state index is 13.8. The first-order valence-corrected chi connectivity index (χ1v) is 7.06. The number of aryl methyl sites for hydroxylation is 1. The average Bonchev–Trinajstić information content (AvgIpc) is 2.41. The maximum Gasteiger partial charge on any atom is 0.411 e. The van der Waals surface area contributed by atoms with E-state index in [1.807, 2.05) is 0 Å².